The Morgan fingerprint density at radius 2 is 2.08 bits per heavy atom. The van der Waals surface area contributed by atoms with Gasteiger partial charge in [0, 0.05) is 7.05 Å². The average molecular weight is 216 g/mol. The number of halogens is 2. The van der Waals surface area contributed by atoms with E-state index in [-0.39, 0.29) is 0 Å². The third-order valence-corrected chi connectivity index (χ3v) is 2.47. The maximum Gasteiger partial charge on any atom is 0.0595 e. The monoisotopic (exact) mass is 215 g/mol. The molecule has 0 radical (unpaired) electrons. The fraction of sp³-hybridized carbons (Fsp3) is 0.300. The molecule has 0 aromatic heterocycles. The normalized spacial score (nSPS) is 11.0. The van der Waals surface area contributed by atoms with Gasteiger partial charge in [-0.25, -0.2) is 0 Å². The number of hydrogen-bond acceptors (Lipinski definition) is 1. The van der Waals surface area contributed by atoms with E-state index in [2.05, 4.69) is 4.99 Å². The lowest BCUT2D eigenvalue weighted by molar-refractivity contribution is 1.05. The highest BCUT2D eigenvalue weighted by atomic mass is 35.5. The fourth-order valence-electron chi connectivity index (χ4n) is 1.06. The van der Waals surface area contributed by atoms with Crippen LogP contribution in [-0.2, 0) is 6.42 Å². The SMILES string of the molecule is CN=CCCc1ccc(Cl)c(Cl)c1. The molecular weight excluding hydrogens is 205 g/mol. The molecule has 0 amide bonds. The van der Waals surface area contributed by atoms with Crippen LogP contribution in [0.25, 0.3) is 0 Å². The van der Waals surface area contributed by atoms with E-state index in [9.17, 15) is 0 Å². The van der Waals surface area contributed by atoms with Crippen molar-refractivity contribution >= 4 is 29.4 Å². The minimum atomic E-state index is 0.606. The summed E-state index contributed by atoms with van der Waals surface area (Å²) in [6, 6.07) is 5.70. The third kappa shape index (κ3) is 3.37. The van der Waals surface area contributed by atoms with Crippen LogP contribution in [0.3, 0.4) is 0 Å². The molecule has 1 aromatic rings. The molecule has 0 N–H and O–H groups in total. The quantitative estimate of drug-likeness (QED) is 0.684. The Morgan fingerprint density at radius 1 is 1.31 bits per heavy atom. The van der Waals surface area contributed by atoms with Crippen LogP contribution in [0.2, 0.25) is 10.0 Å². The Bertz CT molecular complexity index is 308. The first-order valence-corrected chi connectivity index (χ1v) is 4.84. The van der Waals surface area contributed by atoms with Gasteiger partial charge in [0.05, 0.1) is 10.0 Å². The zero-order chi connectivity index (χ0) is 9.68. The largest absolute Gasteiger partial charge is 0.301 e. The Kier molecular flexibility index (Phi) is 4.26. The molecule has 13 heavy (non-hydrogen) atoms. The minimum Gasteiger partial charge on any atom is -0.301 e. The molecule has 0 atom stereocenters. The number of benzene rings is 1. The Hall–Kier alpha value is -0.530. The zero-order valence-corrected chi connectivity index (χ0v) is 8.94. The molecule has 0 saturated heterocycles. The lowest BCUT2D eigenvalue weighted by atomic mass is 10.1. The lowest BCUT2D eigenvalue weighted by Crippen LogP contribution is -1.86. The van der Waals surface area contributed by atoms with Gasteiger partial charge in [0.25, 0.3) is 0 Å². The summed E-state index contributed by atoms with van der Waals surface area (Å²) in [5.41, 5.74) is 1.19. The van der Waals surface area contributed by atoms with E-state index < -0.39 is 0 Å². The van der Waals surface area contributed by atoms with Gasteiger partial charge in [-0.1, -0.05) is 29.3 Å². The Labute approximate surface area is 88.4 Å². The average Bonchev–Trinajstić information content (AvgIpc) is 2.12. The van der Waals surface area contributed by atoms with Gasteiger partial charge in [-0.05, 0) is 36.8 Å². The van der Waals surface area contributed by atoms with Crippen LogP contribution in [0.15, 0.2) is 23.2 Å². The second-order valence-corrected chi connectivity index (χ2v) is 3.54. The molecule has 0 aliphatic rings. The molecule has 1 rings (SSSR count). The van der Waals surface area contributed by atoms with Gasteiger partial charge >= 0.3 is 0 Å². The van der Waals surface area contributed by atoms with E-state index in [0.29, 0.717) is 10.0 Å². The maximum absolute atomic E-state index is 5.86. The molecule has 0 bridgehead atoms. The first-order valence-electron chi connectivity index (χ1n) is 4.08. The Morgan fingerprint density at radius 3 is 2.69 bits per heavy atom. The first kappa shape index (κ1) is 10.6. The molecule has 1 aromatic carbocycles. The molecule has 0 spiro atoms. The van der Waals surface area contributed by atoms with E-state index in [1.54, 1.807) is 7.05 Å². The van der Waals surface area contributed by atoms with Gasteiger partial charge in [0.2, 0.25) is 0 Å². The van der Waals surface area contributed by atoms with E-state index in [4.69, 9.17) is 23.2 Å². The maximum atomic E-state index is 5.86. The summed E-state index contributed by atoms with van der Waals surface area (Å²) in [6.45, 7) is 0. The summed E-state index contributed by atoms with van der Waals surface area (Å²) in [7, 11) is 1.77. The topological polar surface area (TPSA) is 12.4 Å². The molecule has 0 fully saturated rings. The highest BCUT2D eigenvalue weighted by Gasteiger charge is 1.98. The zero-order valence-electron chi connectivity index (χ0n) is 7.43. The minimum absolute atomic E-state index is 0.606. The van der Waals surface area contributed by atoms with Gasteiger partial charge in [-0.15, -0.1) is 0 Å². The first-order chi connectivity index (χ1) is 6.24. The number of nitrogens with zero attached hydrogens (tertiary/aromatic N) is 1. The van der Waals surface area contributed by atoms with Crippen LogP contribution >= 0.6 is 23.2 Å². The molecule has 0 aliphatic carbocycles. The molecule has 0 unspecified atom stereocenters. The number of aliphatic imine (C=N–C) groups is 1. The van der Waals surface area contributed by atoms with E-state index >= 15 is 0 Å². The molecule has 70 valence electrons. The van der Waals surface area contributed by atoms with Crippen LogP contribution < -0.4 is 0 Å². The smallest absolute Gasteiger partial charge is 0.0595 e. The molecule has 1 nitrogen and oxygen atoms in total. The van der Waals surface area contributed by atoms with Crippen LogP contribution in [0.1, 0.15) is 12.0 Å². The Balaban J connectivity index is 2.63. The number of aryl methyl sites for hydroxylation is 1. The molecule has 0 aliphatic heterocycles. The van der Waals surface area contributed by atoms with Gasteiger partial charge in [0.1, 0.15) is 0 Å². The fourth-order valence-corrected chi connectivity index (χ4v) is 1.38. The second-order valence-electron chi connectivity index (χ2n) is 2.73. The predicted molar refractivity (Wildman–Crippen MR) is 59.2 cm³/mol. The summed E-state index contributed by atoms with van der Waals surface area (Å²) in [5, 5.41) is 1.22. The van der Waals surface area contributed by atoms with Crippen LogP contribution in [0.5, 0.6) is 0 Å². The molecule has 0 saturated carbocycles. The second kappa shape index (κ2) is 5.25. The predicted octanol–water partition coefficient (Wildman–Crippen LogP) is 3.63. The van der Waals surface area contributed by atoms with Gasteiger partial charge in [-0.2, -0.15) is 0 Å². The molecule has 0 heterocycles. The van der Waals surface area contributed by atoms with Gasteiger partial charge < -0.3 is 4.99 Å². The third-order valence-electron chi connectivity index (χ3n) is 1.73. The van der Waals surface area contributed by atoms with Gasteiger partial charge in [-0.3, -0.25) is 0 Å². The number of hydrogen-bond donors (Lipinski definition) is 0. The highest BCUT2D eigenvalue weighted by molar-refractivity contribution is 6.42. The van der Waals surface area contributed by atoms with Crippen molar-refractivity contribution in [1.29, 1.82) is 0 Å². The van der Waals surface area contributed by atoms with Crippen LogP contribution in [0, 0.1) is 0 Å². The number of rotatable bonds is 3. The van der Waals surface area contributed by atoms with Crippen molar-refractivity contribution in [3.8, 4) is 0 Å². The van der Waals surface area contributed by atoms with Crippen molar-refractivity contribution in [3.63, 3.8) is 0 Å². The van der Waals surface area contributed by atoms with Crippen LogP contribution in [0.4, 0.5) is 0 Å². The van der Waals surface area contributed by atoms with Crippen molar-refractivity contribution in [1.82, 2.24) is 0 Å². The van der Waals surface area contributed by atoms with E-state index in [1.807, 2.05) is 24.4 Å². The summed E-state index contributed by atoms with van der Waals surface area (Å²) < 4.78 is 0. The highest BCUT2D eigenvalue weighted by Crippen LogP contribution is 2.22. The van der Waals surface area contributed by atoms with Crippen molar-refractivity contribution < 1.29 is 0 Å². The van der Waals surface area contributed by atoms with Crippen molar-refractivity contribution in [2.75, 3.05) is 7.05 Å². The summed E-state index contributed by atoms with van der Waals surface area (Å²) in [4.78, 5) is 3.91. The van der Waals surface area contributed by atoms with E-state index in [1.165, 1.54) is 5.56 Å². The van der Waals surface area contributed by atoms with Crippen molar-refractivity contribution in [2.45, 2.75) is 12.8 Å². The van der Waals surface area contributed by atoms with Crippen molar-refractivity contribution in [3.05, 3.63) is 33.8 Å². The van der Waals surface area contributed by atoms with Crippen LogP contribution in [-0.4, -0.2) is 13.3 Å². The summed E-state index contributed by atoms with van der Waals surface area (Å²) in [6.07, 6.45) is 3.78. The van der Waals surface area contributed by atoms with Crippen molar-refractivity contribution in [2.24, 2.45) is 4.99 Å². The standard InChI is InChI=1S/C10H11Cl2N/c1-13-6-2-3-8-4-5-9(11)10(12)7-8/h4-7H,2-3H2,1H3. The molecular formula is C10H11Cl2N. The summed E-state index contributed by atoms with van der Waals surface area (Å²) in [5.74, 6) is 0. The lowest BCUT2D eigenvalue weighted by Gasteiger charge is -2.00. The summed E-state index contributed by atoms with van der Waals surface area (Å²) >= 11 is 11.6. The molecule has 3 heteroatoms. The van der Waals surface area contributed by atoms with E-state index in [0.717, 1.165) is 12.8 Å². The van der Waals surface area contributed by atoms with Gasteiger partial charge in [0.15, 0.2) is 0 Å².